The van der Waals surface area contributed by atoms with Crippen LogP contribution in [-0.4, -0.2) is 13.9 Å². The third-order valence-corrected chi connectivity index (χ3v) is 17.8. The van der Waals surface area contributed by atoms with Crippen molar-refractivity contribution in [1.82, 2.24) is 0 Å². The van der Waals surface area contributed by atoms with Gasteiger partial charge in [0.1, 0.15) is 8.07 Å². The number of rotatable bonds is 6. The molecule has 0 radical (unpaired) electrons. The maximum Gasteiger partial charge on any atom is 0.169 e. The minimum atomic E-state index is -2.31. The smallest absolute Gasteiger partial charge is 0.169 e. The summed E-state index contributed by atoms with van der Waals surface area (Å²) in [6.07, 6.45) is 5.97. The molecule has 4 aliphatic rings. The summed E-state index contributed by atoms with van der Waals surface area (Å²) in [7, 11) is -2.31. The predicted molar refractivity (Wildman–Crippen MR) is 166 cm³/mol. The van der Waals surface area contributed by atoms with E-state index in [2.05, 4.69) is 124 Å². The Labute approximate surface area is 234 Å². The van der Waals surface area contributed by atoms with Gasteiger partial charge < -0.3 is 0 Å². The molecule has 4 aliphatic carbocycles. The average molecular weight is 529 g/mol. The maximum absolute atomic E-state index is 14.8. The van der Waals surface area contributed by atoms with Crippen molar-refractivity contribution in [3.8, 4) is 0 Å². The molecule has 0 saturated heterocycles. The van der Waals surface area contributed by atoms with Crippen molar-refractivity contribution in [2.45, 2.75) is 64.0 Å². The van der Waals surface area contributed by atoms with Crippen molar-refractivity contribution in [3.63, 3.8) is 0 Å². The van der Waals surface area contributed by atoms with E-state index in [-0.39, 0.29) is 15.9 Å². The van der Waals surface area contributed by atoms with E-state index in [1.807, 2.05) is 0 Å². The summed E-state index contributed by atoms with van der Waals surface area (Å²) in [4.78, 5) is 14.8. The Balaban J connectivity index is 1.41. The van der Waals surface area contributed by atoms with Crippen LogP contribution >= 0.6 is 0 Å². The number of carbonyl (C=O) groups is 1. The van der Waals surface area contributed by atoms with Gasteiger partial charge >= 0.3 is 0 Å². The second-order valence-corrected chi connectivity index (χ2v) is 18.7. The van der Waals surface area contributed by atoms with Crippen LogP contribution in [0.2, 0.25) is 11.1 Å². The first-order valence-electron chi connectivity index (χ1n) is 15.0. The molecule has 0 N–H and O–H groups in total. The molecule has 4 aromatic rings. The highest BCUT2D eigenvalue weighted by atomic mass is 28.3. The lowest BCUT2D eigenvalue weighted by Crippen LogP contribution is -2.67. The van der Waals surface area contributed by atoms with Gasteiger partial charge in [0.05, 0.1) is 0 Å². The molecule has 4 saturated carbocycles. The van der Waals surface area contributed by atoms with Gasteiger partial charge in [-0.15, -0.1) is 0 Å². The minimum Gasteiger partial charge on any atom is -0.294 e. The highest BCUT2D eigenvalue weighted by molar-refractivity contribution is 7.04. The lowest BCUT2D eigenvalue weighted by atomic mass is 9.56. The van der Waals surface area contributed by atoms with Gasteiger partial charge in [-0.3, -0.25) is 4.79 Å². The van der Waals surface area contributed by atoms with Gasteiger partial charge in [-0.1, -0.05) is 135 Å². The zero-order valence-corrected chi connectivity index (χ0v) is 24.6. The monoisotopic (exact) mass is 528 g/mol. The van der Waals surface area contributed by atoms with Crippen molar-refractivity contribution < 1.29 is 4.79 Å². The quantitative estimate of drug-likeness (QED) is 0.182. The molecule has 2 bridgehead atoms. The molecular formula is C37H40OSi. The Kier molecular flexibility index (Phi) is 5.62. The van der Waals surface area contributed by atoms with Crippen molar-refractivity contribution >= 4 is 35.0 Å². The maximum atomic E-state index is 14.8. The lowest BCUT2D eigenvalue weighted by molar-refractivity contribution is 0.0323. The van der Waals surface area contributed by atoms with Crippen LogP contribution in [-0.2, 0) is 0 Å². The van der Waals surface area contributed by atoms with Crippen molar-refractivity contribution in [2.24, 2.45) is 22.7 Å². The highest BCUT2D eigenvalue weighted by Crippen LogP contribution is 2.79. The summed E-state index contributed by atoms with van der Waals surface area (Å²) < 4.78 is 0. The number of Topliss-reactive ketones (excluding diaryl/α,β-unsaturated/α-hetero) is 1. The summed E-state index contributed by atoms with van der Waals surface area (Å²) in [5, 5.41) is 5.56. The van der Waals surface area contributed by atoms with Crippen LogP contribution in [0.3, 0.4) is 0 Å². The number of fused-ring (bicyclic) bond motifs is 1. The van der Waals surface area contributed by atoms with Gasteiger partial charge in [-0.05, 0) is 70.9 Å². The summed E-state index contributed by atoms with van der Waals surface area (Å²) >= 11 is 0. The van der Waals surface area contributed by atoms with Crippen molar-refractivity contribution in [1.29, 1.82) is 0 Å². The van der Waals surface area contributed by atoms with Crippen LogP contribution in [0.15, 0.2) is 103 Å². The van der Waals surface area contributed by atoms with Crippen LogP contribution in [0, 0.1) is 22.7 Å². The van der Waals surface area contributed by atoms with Crippen LogP contribution < -0.4 is 10.4 Å². The van der Waals surface area contributed by atoms with Gasteiger partial charge in [0.2, 0.25) is 0 Å². The Morgan fingerprint density at radius 3 is 2.00 bits per heavy atom. The standard InChI is InChI=1S/C37H40OSi/c1-35(2,3)39(31-15-6-4-7-16-31,32-17-8-5-9-18-32)26-36-22-12-19-33(36)30-24-37(36,25-30)34(38)29-21-20-27-13-10-11-14-28(27)23-29/h4-11,13-18,20-21,23,30,33H,12,19,22,24-26H2,1-3H3/t30?,33-,36-,37?/m1/s1. The second-order valence-electron chi connectivity index (χ2n) is 13.9. The molecular weight excluding hydrogens is 488 g/mol. The largest absolute Gasteiger partial charge is 0.294 e. The topological polar surface area (TPSA) is 17.1 Å². The summed E-state index contributed by atoms with van der Waals surface area (Å²) in [6, 6.07) is 39.0. The Morgan fingerprint density at radius 2 is 1.38 bits per heavy atom. The van der Waals surface area contributed by atoms with E-state index in [9.17, 15) is 4.79 Å². The van der Waals surface area contributed by atoms with Gasteiger partial charge in [0.25, 0.3) is 0 Å². The molecule has 0 unspecified atom stereocenters. The van der Waals surface area contributed by atoms with Gasteiger partial charge in [-0.25, -0.2) is 0 Å². The van der Waals surface area contributed by atoms with E-state index in [0.717, 1.165) is 24.3 Å². The van der Waals surface area contributed by atoms with Crippen molar-refractivity contribution in [3.05, 3.63) is 109 Å². The van der Waals surface area contributed by atoms with E-state index < -0.39 is 8.07 Å². The lowest BCUT2D eigenvalue weighted by Gasteiger charge is -2.54. The SMILES string of the molecule is CC(C)(C)[Si](C[C@]12CCC[C@@H]1C1CC2(C(=O)c2ccc3ccccc3c2)C1)(c1ccccc1)c1ccccc1. The molecule has 8 rings (SSSR count). The third-order valence-electron chi connectivity index (χ3n) is 11.4. The molecule has 198 valence electrons. The molecule has 2 heteroatoms. The second kappa shape index (κ2) is 8.76. The summed E-state index contributed by atoms with van der Waals surface area (Å²) in [5.74, 6) is 1.84. The number of carbonyl (C=O) groups excluding carboxylic acids is 1. The van der Waals surface area contributed by atoms with E-state index in [0.29, 0.717) is 11.7 Å². The molecule has 1 nitrogen and oxygen atoms in total. The first-order valence-corrected chi connectivity index (χ1v) is 17.2. The molecule has 4 fully saturated rings. The zero-order chi connectivity index (χ0) is 26.9. The van der Waals surface area contributed by atoms with Gasteiger partial charge in [0.15, 0.2) is 5.78 Å². The first kappa shape index (κ1) is 25.0. The third kappa shape index (κ3) is 3.40. The summed E-state index contributed by atoms with van der Waals surface area (Å²) in [5.41, 5.74) is 0.807. The number of benzene rings is 4. The molecule has 2 atom stereocenters. The Morgan fingerprint density at radius 1 is 0.795 bits per heavy atom. The Hall–Kier alpha value is -2.97. The number of hydrogen-bond acceptors (Lipinski definition) is 1. The molecule has 0 aliphatic heterocycles. The van der Waals surface area contributed by atoms with Crippen LogP contribution in [0.25, 0.3) is 10.8 Å². The van der Waals surface area contributed by atoms with E-state index >= 15 is 0 Å². The van der Waals surface area contributed by atoms with E-state index in [1.165, 1.54) is 46.5 Å². The Bertz CT molecular complexity index is 1490. The van der Waals surface area contributed by atoms with Crippen LogP contribution in [0.5, 0.6) is 0 Å². The molecule has 0 spiro atoms. The van der Waals surface area contributed by atoms with Crippen LogP contribution in [0.4, 0.5) is 0 Å². The summed E-state index contributed by atoms with van der Waals surface area (Å²) in [6.45, 7) is 7.45. The molecule has 39 heavy (non-hydrogen) atoms. The highest BCUT2D eigenvalue weighted by Gasteiger charge is 2.76. The molecule has 0 aromatic heterocycles. The zero-order valence-electron chi connectivity index (χ0n) is 23.6. The fraction of sp³-hybridized carbons (Fsp3) is 0.378. The molecule has 0 amide bonds. The molecule has 4 aromatic carbocycles. The van der Waals surface area contributed by atoms with Crippen molar-refractivity contribution in [2.75, 3.05) is 0 Å². The number of ketones is 1. The molecule has 0 heterocycles. The first-order chi connectivity index (χ1) is 18.8. The van der Waals surface area contributed by atoms with Gasteiger partial charge in [-0.2, -0.15) is 0 Å². The fourth-order valence-electron chi connectivity index (χ4n) is 9.73. The number of hydrogen-bond donors (Lipinski definition) is 0. The van der Waals surface area contributed by atoms with E-state index in [4.69, 9.17) is 0 Å². The minimum absolute atomic E-state index is 0.0889. The van der Waals surface area contributed by atoms with Gasteiger partial charge in [0, 0.05) is 11.0 Å². The normalized spacial score (nSPS) is 27.8. The van der Waals surface area contributed by atoms with Crippen LogP contribution in [0.1, 0.15) is 63.2 Å². The van der Waals surface area contributed by atoms with E-state index in [1.54, 1.807) is 0 Å². The predicted octanol–water partition coefficient (Wildman–Crippen LogP) is 8.28. The average Bonchev–Trinajstić information content (AvgIpc) is 3.54. The fourth-order valence-corrected chi connectivity index (χ4v) is 16.0.